The Bertz CT molecular complexity index is 686. The number of anilines is 1. The maximum atomic E-state index is 12.5. The second-order valence-corrected chi connectivity index (χ2v) is 5.20. The lowest BCUT2D eigenvalue weighted by molar-refractivity contribution is -0.115. The summed E-state index contributed by atoms with van der Waals surface area (Å²) in [4.78, 5) is 24.1. The molecule has 106 valence electrons. The fourth-order valence-corrected chi connectivity index (χ4v) is 1.99. The molecule has 1 N–H and O–H groups in total. The fourth-order valence-electron chi connectivity index (χ4n) is 1.93. The van der Waals surface area contributed by atoms with Crippen LogP contribution in [0.25, 0.3) is 5.69 Å². The molecule has 2 aromatic rings. The predicted octanol–water partition coefficient (Wildman–Crippen LogP) is 2.05. The standard InChI is InChI=1S/C14H16ClN3O2/c1-9(15)13(19)16-12-10(2)17(3)18(14(12)20)11-7-5-4-6-8-11/h4-9H,1-3H3,(H,16,19)/t9-/m1/s1. The molecule has 0 bridgehead atoms. The van der Waals surface area contributed by atoms with Gasteiger partial charge in [0.1, 0.15) is 11.1 Å². The van der Waals surface area contributed by atoms with Crippen LogP contribution in [0.5, 0.6) is 0 Å². The van der Waals surface area contributed by atoms with Crippen LogP contribution in [0.2, 0.25) is 0 Å². The van der Waals surface area contributed by atoms with Crippen molar-refractivity contribution in [1.29, 1.82) is 0 Å². The van der Waals surface area contributed by atoms with Crippen molar-refractivity contribution in [1.82, 2.24) is 9.36 Å². The lowest BCUT2D eigenvalue weighted by Crippen LogP contribution is -2.26. The zero-order valence-corrected chi connectivity index (χ0v) is 12.3. The molecule has 1 aromatic heterocycles. The van der Waals surface area contributed by atoms with Crippen LogP contribution in [0, 0.1) is 6.92 Å². The largest absolute Gasteiger partial charge is 0.319 e. The number of amides is 1. The molecular formula is C14H16ClN3O2. The maximum Gasteiger partial charge on any atom is 0.295 e. The van der Waals surface area contributed by atoms with E-state index in [2.05, 4.69) is 5.32 Å². The summed E-state index contributed by atoms with van der Waals surface area (Å²) in [5, 5.41) is 1.89. The van der Waals surface area contributed by atoms with Crippen molar-refractivity contribution in [3.05, 3.63) is 46.4 Å². The van der Waals surface area contributed by atoms with Crippen molar-refractivity contribution in [2.24, 2.45) is 7.05 Å². The number of para-hydroxylation sites is 1. The average molecular weight is 294 g/mol. The SMILES string of the molecule is Cc1c(NC(=O)[C@@H](C)Cl)c(=O)n(-c2ccccc2)n1C. The monoisotopic (exact) mass is 293 g/mol. The third-order valence-corrected chi connectivity index (χ3v) is 3.36. The van der Waals surface area contributed by atoms with Gasteiger partial charge in [0.05, 0.1) is 11.4 Å². The van der Waals surface area contributed by atoms with E-state index in [4.69, 9.17) is 11.6 Å². The smallest absolute Gasteiger partial charge is 0.295 e. The highest BCUT2D eigenvalue weighted by molar-refractivity contribution is 6.32. The summed E-state index contributed by atoms with van der Waals surface area (Å²) in [6, 6.07) is 9.24. The van der Waals surface area contributed by atoms with Crippen LogP contribution in [-0.2, 0) is 11.8 Å². The topological polar surface area (TPSA) is 56.0 Å². The zero-order chi connectivity index (χ0) is 14.9. The second-order valence-electron chi connectivity index (χ2n) is 4.54. The molecule has 1 atom stereocenters. The summed E-state index contributed by atoms with van der Waals surface area (Å²) in [6.07, 6.45) is 0. The number of halogens is 1. The normalized spacial score (nSPS) is 12.2. The lowest BCUT2D eigenvalue weighted by atomic mass is 10.3. The fraction of sp³-hybridized carbons (Fsp3) is 0.286. The molecule has 6 heteroatoms. The number of hydrogen-bond donors (Lipinski definition) is 1. The number of nitrogens with zero attached hydrogens (tertiary/aromatic N) is 2. The van der Waals surface area contributed by atoms with Crippen LogP contribution < -0.4 is 10.9 Å². The number of alkyl halides is 1. The van der Waals surface area contributed by atoms with E-state index in [0.717, 1.165) is 5.69 Å². The molecule has 20 heavy (non-hydrogen) atoms. The zero-order valence-electron chi connectivity index (χ0n) is 11.6. The van der Waals surface area contributed by atoms with Crippen molar-refractivity contribution in [3.8, 4) is 5.69 Å². The van der Waals surface area contributed by atoms with Gasteiger partial charge in [-0.3, -0.25) is 14.3 Å². The van der Waals surface area contributed by atoms with Gasteiger partial charge in [-0.2, -0.15) is 0 Å². The molecule has 2 rings (SSSR count). The van der Waals surface area contributed by atoms with Crippen molar-refractivity contribution in [2.75, 3.05) is 5.32 Å². The Kier molecular flexibility index (Phi) is 3.99. The van der Waals surface area contributed by atoms with Crippen LogP contribution in [0.15, 0.2) is 35.1 Å². The molecule has 0 saturated carbocycles. The summed E-state index contributed by atoms with van der Waals surface area (Å²) in [5.74, 6) is -0.391. The van der Waals surface area contributed by atoms with E-state index in [1.165, 1.54) is 4.68 Å². The molecule has 0 aliphatic carbocycles. The summed E-state index contributed by atoms with van der Waals surface area (Å²) >= 11 is 5.72. The number of carbonyl (C=O) groups excluding carboxylic acids is 1. The van der Waals surface area contributed by atoms with Gasteiger partial charge in [0.2, 0.25) is 5.91 Å². The number of hydrogen-bond acceptors (Lipinski definition) is 2. The van der Waals surface area contributed by atoms with E-state index in [0.29, 0.717) is 5.69 Å². The molecule has 0 aliphatic rings. The Morgan fingerprint density at radius 1 is 1.30 bits per heavy atom. The maximum absolute atomic E-state index is 12.5. The van der Waals surface area contributed by atoms with E-state index in [1.54, 1.807) is 25.6 Å². The van der Waals surface area contributed by atoms with Gasteiger partial charge in [0.15, 0.2) is 0 Å². The van der Waals surface area contributed by atoms with Crippen molar-refractivity contribution >= 4 is 23.2 Å². The number of carbonyl (C=O) groups is 1. The van der Waals surface area contributed by atoms with Gasteiger partial charge >= 0.3 is 0 Å². The van der Waals surface area contributed by atoms with E-state index in [1.807, 2.05) is 30.3 Å². The highest BCUT2D eigenvalue weighted by Gasteiger charge is 2.19. The molecule has 1 aromatic carbocycles. The van der Waals surface area contributed by atoms with Crippen molar-refractivity contribution in [3.63, 3.8) is 0 Å². The predicted molar refractivity (Wildman–Crippen MR) is 79.7 cm³/mol. The number of aromatic nitrogens is 2. The number of benzene rings is 1. The van der Waals surface area contributed by atoms with Gasteiger partial charge in [-0.1, -0.05) is 18.2 Å². The first-order valence-electron chi connectivity index (χ1n) is 6.22. The molecule has 0 fully saturated rings. The van der Waals surface area contributed by atoms with Crippen LogP contribution in [0.4, 0.5) is 5.69 Å². The van der Waals surface area contributed by atoms with E-state index < -0.39 is 11.3 Å². The van der Waals surface area contributed by atoms with E-state index in [-0.39, 0.29) is 11.2 Å². The molecule has 0 unspecified atom stereocenters. The Balaban J connectivity index is 2.53. The molecule has 0 saturated heterocycles. The second kappa shape index (κ2) is 5.54. The molecule has 1 amide bonds. The quantitative estimate of drug-likeness (QED) is 0.881. The van der Waals surface area contributed by atoms with Gasteiger partial charge in [-0.15, -0.1) is 11.6 Å². The van der Waals surface area contributed by atoms with Gasteiger partial charge in [-0.25, -0.2) is 4.68 Å². The Labute approximate surface area is 121 Å². The van der Waals surface area contributed by atoms with Crippen molar-refractivity contribution in [2.45, 2.75) is 19.2 Å². The van der Waals surface area contributed by atoms with Gasteiger partial charge < -0.3 is 5.32 Å². The van der Waals surface area contributed by atoms with Crippen LogP contribution in [0.1, 0.15) is 12.6 Å². The van der Waals surface area contributed by atoms with Gasteiger partial charge in [0.25, 0.3) is 5.56 Å². The minimum absolute atomic E-state index is 0.258. The van der Waals surface area contributed by atoms with Crippen LogP contribution >= 0.6 is 11.6 Å². The first kappa shape index (κ1) is 14.4. The highest BCUT2D eigenvalue weighted by Crippen LogP contribution is 2.14. The molecule has 5 nitrogen and oxygen atoms in total. The molecule has 0 aliphatic heterocycles. The van der Waals surface area contributed by atoms with E-state index in [9.17, 15) is 9.59 Å². The third kappa shape index (κ3) is 2.49. The number of nitrogens with one attached hydrogen (secondary N) is 1. The van der Waals surface area contributed by atoms with E-state index >= 15 is 0 Å². The van der Waals surface area contributed by atoms with Gasteiger partial charge in [-0.05, 0) is 26.0 Å². The number of rotatable bonds is 3. The van der Waals surface area contributed by atoms with Crippen LogP contribution in [0.3, 0.4) is 0 Å². The molecule has 0 radical (unpaired) electrons. The van der Waals surface area contributed by atoms with Crippen LogP contribution in [-0.4, -0.2) is 20.6 Å². The lowest BCUT2D eigenvalue weighted by Gasteiger charge is -2.07. The van der Waals surface area contributed by atoms with Crippen molar-refractivity contribution < 1.29 is 4.79 Å². The third-order valence-electron chi connectivity index (χ3n) is 3.16. The Morgan fingerprint density at radius 2 is 1.90 bits per heavy atom. The average Bonchev–Trinajstić information content (AvgIpc) is 2.63. The minimum Gasteiger partial charge on any atom is -0.319 e. The summed E-state index contributed by atoms with van der Waals surface area (Å²) in [6.45, 7) is 3.33. The van der Waals surface area contributed by atoms with Gasteiger partial charge in [0, 0.05) is 7.05 Å². The molecule has 1 heterocycles. The molecular weight excluding hydrogens is 278 g/mol. The Hall–Kier alpha value is -2.01. The molecule has 0 spiro atoms. The first-order valence-corrected chi connectivity index (χ1v) is 6.66. The Morgan fingerprint density at radius 3 is 2.45 bits per heavy atom. The summed E-state index contributed by atoms with van der Waals surface area (Å²) < 4.78 is 3.20. The highest BCUT2D eigenvalue weighted by atomic mass is 35.5. The summed E-state index contributed by atoms with van der Waals surface area (Å²) in [7, 11) is 1.77. The minimum atomic E-state index is -0.695. The summed E-state index contributed by atoms with van der Waals surface area (Å²) in [5.41, 5.74) is 1.39. The first-order chi connectivity index (χ1) is 9.43.